The third kappa shape index (κ3) is 13.6. The van der Waals surface area contributed by atoms with Gasteiger partial charge in [0.2, 0.25) is 0 Å². The number of methoxy groups -OCH3 is 2. The van der Waals surface area contributed by atoms with E-state index in [9.17, 15) is 14.4 Å². The Morgan fingerprint density at radius 2 is 0.414 bits per heavy atom. The molecule has 0 aliphatic heterocycles. The highest BCUT2D eigenvalue weighted by Crippen LogP contribution is 2.28. The smallest absolute Gasteiger partial charge is 0.193 e. The van der Waals surface area contributed by atoms with Gasteiger partial charge in [-0.15, -0.1) is 0 Å². The number of hydrogen-bond donors (Lipinski definition) is 0. The molecule has 0 amide bonds. The van der Waals surface area contributed by atoms with Crippen LogP contribution in [0.15, 0.2) is 218 Å². The zero-order valence-corrected chi connectivity index (χ0v) is 40.1. The molecule has 9 aromatic carbocycles. The molecule has 0 saturated carbocycles. The van der Waals surface area contributed by atoms with Crippen molar-refractivity contribution < 1.29 is 33.3 Å². The van der Waals surface area contributed by atoms with E-state index in [0.29, 0.717) is 44.9 Å². The maximum atomic E-state index is 12.6. The summed E-state index contributed by atoms with van der Waals surface area (Å²) in [6.07, 6.45) is 0. The molecule has 7 heteroatoms. The van der Waals surface area contributed by atoms with Crippen molar-refractivity contribution in [3.63, 3.8) is 0 Å². The molecule has 0 spiro atoms. The van der Waals surface area contributed by atoms with Crippen molar-refractivity contribution in [3.05, 3.63) is 274 Å². The van der Waals surface area contributed by atoms with Crippen molar-refractivity contribution in [2.45, 2.75) is 27.7 Å². The molecule has 70 heavy (non-hydrogen) atoms. The summed E-state index contributed by atoms with van der Waals surface area (Å²) >= 11 is 0. The zero-order valence-electron chi connectivity index (χ0n) is 40.1. The van der Waals surface area contributed by atoms with E-state index < -0.39 is 0 Å². The van der Waals surface area contributed by atoms with Crippen LogP contribution in [0.3, 0.4) is 0 Å². The highest BCUT2D eigenvalue weighted by Gasteiger charge is 2.12. The van der Waals surface area contributed by atoms with Gasteiger partial charge in [-0.1, -0.05) is 119 Å². The fraction of sp³-hybridized carbons (Fsp3) is 0.0952. The van der Waals surface area contributed by atoms with Crippen LogP contribution in [-0.4, -0.2) is 31.6 Å². The maximum Gasteiger partial charge on any atom is 0.193 e. The summed E-state index contributed by atoms with van der Waals surface area (Å²) in [5.74, 6) is 4.44. The highest BCUT2D eigenvalue weighted by atomic mass is 16.5. The van der Waals surface area contributed by atoms with Gasteiger partial charge in [0.1, 0.15) is 34.5 Å². The lowest BCUT2D eigenvalue weighted by Crippen LogP contribution is -2.01. The highest BCUT2D eigenvalue weighted by molar-refractivity contribution is 6.10. The molecular weight excluding hydrogens is 869 g/mol. The van der Waals surface area contributed by atoms with E-state index >= 15 is 0 Å². The SMILES string of the molecule is COc1ccc(C(=O)c2ccc(C)cc2)cc1.COc1ccc(C(=O)c2ccc(Oc3ccc(-c4ccc(C)cc4)cc3)cc2)cc1.Cc1ccc(Oc2ccc(C(=O)c3ccc(C)cc3)cc2)cc1. The molecule has 0 aliphatic carbocycles. The molecule has 0 unspecified atom stereocenters. The van der Waals surface area contributed by atoms with E-state index in [-0.39, 0.29) is 17.3 Å². The molecule has 0 radical (unpaired) electrons. The summed E-state index contributed by atoms with van der Waals surface area (Å²) in [6.45, 7) is 8.12. The van der Waals surface area contributed by atoms with E-state index in [2.05, 4.69) is 31.2 Å². The Bertz CT molecular complexity index is 3100. The predicted molar refractivity (Wildman–Crippen MR) is 279 cm³/mol. The number of hydrogen-bond acceptors (Lipinski definition) is 7. The Morgan fingerprint density at radius 3 is 0.671 bits per heavy atom. The lowest BCUT2D eigenvalue weighted by molar-refractivity contribution is 0.103. The van der Waals surface area contributed by atoms with Crippen LogP contribution in [0.25, 0.3) is 11.1 Å². The number of ketones is 3. The van der Waals surface area contributed by atoms with Gasteiger partial charge in [-0.3, -0.25) is 14.4 Å². The van der Waals surface area contributed by atoms with Crippen LogP contribution in [0, 0.1) is 27.7 Å². The van der Waals surface area contributed by atoms with Crippen molar-refractivity contribution in [2.24, 2.45) is 0 Å². The quantitative estimate of drug-likeness (QED) is 0.106. The second kappa shape index (κ2) is 23.8. The number of carbonyl (C=O) groups excluding carboxylic acids is 3. The van der Waals surface area contributed by atoms with Gasteiger partial charge in [0.05, 0.1) is 14.2 Å². The van der Waals surface area contributed by atoms with E-state index in [1.807, 2.05) is 142 Å². The minimum absolute atomic E-state index is 0.0203. The minimum atomic E-state index is -0.0355. The van der Waals surface area contributed by atoms with Gasteiger partial charge in [-0.2, -0.15) is 0 Å². The first-order valence-electron chi connectivity index (χ1n) is 22.8. The summed E-state index contributed by atoms with van der Waals surface area (Å²) in [4.78, 5) is 37.2. The third-order valence-electron chi connectivity index (χ3n) is 11.3. The van der Waals surface area contributed by atoms with Crippen molar-refractivity contribution in [3.8, 4) is 45.6 Å². The van der Waals surface area contributed by atoms with Gasteiger partial charge in [0, 0.05) is 33.4 Å². The molecule has 0 atom stereocenters. The van der Waals surface area contributed by atoms with Crippen LogP contribution in [0.1, 0.15) is 70.0 Å². The summed E-state index contributed by atoms with van der Waals surface area (Å²) in [5, 5.41) is 0. The van der Waals surface area contributed by atoms with E-state index in [4.69, 9.17) is 18.9 Å². The third-order valence-corrected chi connectivity index (χ3v) is 11.3. The number of benzene rings is 9. The molecule has 9 rings (SSSR count). The number of aryl methyl sites for hydroxylation is 4. The lowest BCUT2D eigenvalue weighted by atomic mass is 10.0. The first-order chi connectivity index (χ1) is 33.9. The molecule has 0 saturated heterocycles. The first kappa shape index (κ1) is 49.1. The fourth-order valence-corrected chi connectivity index (χ4v) is 7.08. The van der Waals surface area contributed by atoms with Crippen LogP contribution >= 0.6 is 0 Å². The molecule has 0 fully saturated rings. The largest absolute Gasteiger partial charge is 0.497 e. The molecule has 0 aliphatic rings. The molecule has 9 aromatic rings. The average Bonchev–Trinajstić information content (AvgIpc) is 3.40. The van der Waals surface area contributed by atoms with Crippen LogP contribution in [-0.2, 0) is 0 Å². The lowest BCUT2D eigenvalue weighted by Gasteiger charge is -2.08. The molecule has 7 nitrogen and oxygen atoms in total. The normalized spacial score (nSPS) is 10.3. The van der Waals surface area contributed by atoms with Crippen LogP contribution in [0.5, 0.6) is 34.5 Å². The van der Waals surface area contributed by atoms with Gasteiger partial charge in [0.15, 0.2) is 17.3 Å². The molecule has 0 aromatic heterocycles. The minimum Gasteiger partial charge on any atom is -0.497 e. The summed E-state index contributed by atoms with van der Waals surface area (Å²) in [7, 11) is 3.21. The summed E-state index contributed by atoms with van der Waals surface area (Å²) < 4.78 is 21.9. The van der Waals surface area contributed by atoms with Crippen LogP contribution < -0.4 is 18.9 Å². The van der Waals surface area contributed by atoms with Gasteiger partial charge in [-0.05, 0) is 160 Å². The second-order valence-corrected chi connectivity index (χ2v) is 16.6. The van der Waals surface area contributed by atoms with Gasteiger partial charge in [-0.25, -0.2) is 0 Å². The summed E-state index contributed by atoms with van der Waals surface area (Å²) in [5.41, 5.74) is 11.0. The standard InChI is InChI=1S/C27H22O3.C21H18O2.C15H14O2/c1-19-3-5-20(6-4-19)21-7-15-25(16-8-21)30-26-17-11-23(12-18-26)27(28)22-9-13-24(29-2)14-10-22;1-15-3-7-17(8-4-15)21(22)18-9-13-20(14-10-18)23-19-11-5-16(2)6-12-19;1-11-3-5-12(6-4-11)15(16)13-7-9-14(17-2)10-8-13/h3-18H,1-2H3;3-14H,1-2H3;3-10H,1-2H3. The first-order valence-corrected chi connectivity index (χ1v) is 22.8. The predicted octanol–water partition coefficient (Wildman–Crippen LogP) is 15.3. The zero-order chi connectivity index (χ0) is 49.4. The molecule has 0 heterocycles. The Hall–Kier alpha value is -8.81. The van der Waals surface area contributed by atoms with Crippen molar-refractivity contribution in [1.29, 1.82) is 0 Å². The van der Waals surface area contributed by atoms with Crippen LogP contribution in [0.4, 0.5) is 0 Å². The molecular formula is C63H54O7. The Kier molecular flexibility index (Phi) is 16.7. The Balaban J connectivity index is 0.000000161. The summed E-state index contributed by atoms with van der Waals surface area (Å²) in [6, 6.07) is 68.1. The Morgan fingerprint density at radius 1 is 0.243 bits per heavy atom. The number of ether oxygens (including phenoxy) is 4. The Labute approximate surface area is 410 Å². The van der Waals surface area contributed by atoms with E-state index in [0.717, 1.165) is 39.7 Å². The topological polar surface area (TPSA) is 88.1 Å². The average molecular weight is 923 g/mol. The molecule has 348 valence electrons. The van der Waals surface area contributed by atoms with E-state index in [1.54, 1.807) is 87.0 Å². The van der Waals surface area contributed by atoms with Gasteiger partial charge < -0.3 is 18.9 Å². The molecule has 0 bridgehead atoms. The second-order valence-electron chi connectivity index (χ2n) is 16.6. The monoisotopic (exact) mass is 922 g/mol. The van der Waals surface area contributed by atoms with Crippen molar-refractivity contribution in [2.75, 3.05) is 14.2 Å². The van der Waals surface area contributed by atoms with Gasteiger partial charge in [0.25, 0.3) is 0 Å². The maximum absolute atomic E-state index is 12.6. The molecule has 0 N–H and O–H groups in total. The van der Waals surface area contributed by atoms with Gasteiger partial charge >= 0.3 is 0 Å². The van der Waals surface area contributed by atoms with E-state index in [1.165, 1.54) is 16.7 Å². The van der Waals surface area contributed by atoms with Crippen molar-refractivity contribution in [1.82, 2.24) is 0 Å². The van der Waals surface area contributed by atoms with Crippen molar-refractivity contribution >= 4 is 17.3 Å². The number of rotatable bonds is 13. The van der Waals surface area contributed by atoms with Crippen LogP contribution in [0.2, 0.25) is 0 Å². The number of carbonyl (C=O) groups is 3. The fourth-order valence-electron chi connectivity index (χ4n) is 7.08.